The van der Waals surface area contributed by atoms with E-state index in [4.69, 9.17) is 9.47 Å². The van der Waals surface area contributed by atoms with Gasteiger partial charge in [-0.15, -0.1) is 0 Å². The Bertz CT molecular complexity index is 430. The number of anilines is 1. The van der Waals surface area contributed by atoms with E-state index in [2.05, 4.69) is 10.3 Å². The van der Waals surface area contributed by atoms with Crippen LogP contribution in [-0.2, 0) is 11.3 Å². The number of ether oxygens (including phenoxy) is 2. The van der Waals surface area contributed by atoms with Crippen LogP contribution in [0.5, 0.6) is 5.88 Å². The van der Waals surface area contributed by atoms with Gasteiger partial charge in [0, 0.05) is 40.9 Å². The van der Waals surface area contributed by atoms with Crippen molar-refractivity contribution in [3.05, 3.63) is 4.88 Å². The average Bonchev–Trinajstić information content (AvgIpc) is 3.07. The van der Waals surface area contributed by atoms with Gasteiger partial charge in [-0.25, -0.2) is 0 Å². The minimum atomic E-state index is 0.471. The van der Waals surface area contributed by atoms with Crippen LogP contribution in [0.1, 0.15) is 24.1 Å². The molecule has 1 aromatic rings. The number of aromatic nitrogens is 1. The molecule has 1 aliphatic carbocycles. The molecule has 0 aromatic carbocycles. The molecule has 1 fully saturated rings. The van der Waals surface area contributed by atoms with Crippen LogP contribution in [0, 0.1) is 5.41 Å². The summed E-state index contributed by atoms with van der Waals surface area (Å²) in [4.78, 5) is 7.65. The van der Waals surface area contributed by atoms with Crippen molar-refractivity contribution in [3.8, 4) is 5.88 Å². The third-order valence-corrected chi connectivity index (χ3v) is 5.01. The molecule has 1 aromatic heterocycles. The third kappa shape index (κ3) is 3.84. The molecule has 0 amide bonds. The number of hydrogen-bond donors (Lipinski definition) is 1. The minimum absolute atomic E-state index is 0.471. The summed E-state index contributed by atoms with van der Waals surface area (Å²) >= 11 is 1.68. The second-order valence-corrected chi connectivity index (χ2v) is 6.73. The SMILES string of the molecule is COCCC1(CNCc2sc(N(C)C)nc2OC)CC1. The van der Waals surface area contributed by atoms with Crippen LogP contribution in [0.25, 0.3) is 0 Å². The number of nitrogens with one attached hydrogen (secondary N) is 1. The van der Waals surface area contributed by atoms with E-state index in [1.165, 1.54) is 17.7 Å². The van der Waals surface area contributed by atoms with E-state index in [1.807, 2.05) is 19.0 Å². The molecule has 0 saturated heterocycles. The highest BCUT2D eigenvalue weighted by atomic mass is 32.1. The lowest BCUT2D eigenvalue weighted by molar-refractivity contribution is 0.171. The van der Waals surface area contributed by atoms with Crippen LogP contribution in [0.3, 0.4) is 0 Å². The average molecular weight is 299 g/mol. The Hall–Kier alpha value is -0.850. The Morgan fingerprint density at radius 2 is 2.10 bits per heavy atom. The van der Waals surface area contributed by atoms with Gasteiger partial charge >= 0.3 is 0 Å². The zero-order valence-electron chi connectivity index (χ0n) is 12.9. The molecule has 5 nitrogen and oxygen atoms in total. The first kappa shape index (κ1) is 15.5. The molecular formula is C14H25N3O2S. The lowest BCUT2D eigenvalue weighted by Crippen LogP contribution is -2.24. The summed E-state index contributed by atoms with van der Waals surface area (Å²) in [5.41, 5.74) is 0.471. The van der Waals surface area contributed by atoms with Crippen molar-refractivity contribution in [1.82, 2.24) is 10.3 Å². The summed E-state index contributed by atoms with van der Waals surface area (Å²) in [6.45, 7) is 2.73. The zero-order chi connectivity index (χ0) is 14.6. The van der Waals surface area contributed by atoms with Crippen LogP contribution in [0.4, 0.5) is 5.13 Å². The molecule has 2 rings (SSSR count). The van der Waals surface area contributed by atoms with Gasteiger partial charge in [-0.1, -0.05) is 11.3 Å². The van der Waals surface area contributed by atoms with E-state index >= 15 is 0 Å². The predicted octanol–water partition coefficient (Wildman–Crippen LogP) is 2.12. The summed E-state index contributed by atoms with van der Waals surface area (Å²) in [7, 11) is 7.45. The highest BCUT2D eigenvalue weighted by molar-refractivity contribution is 7.15. The molecule has 114 valence electrons. The van der Waals surface area contributed by atoms with E-state index in [9.17, 15) is 0 Å². The Morgan fingerprint density at radius 1 is 1.35 bits per heavy atom. The molecule has 0 spiro atoms. The van der Waals surface area contributed by atoms with E-state index in [0.29, 0.717) is 5.41 Å². The summed E-state index contributed by atoms with van der Waals surface area (Å²) in [5, 5.41) is 4.54. The van der Waals surface area contributed by atoms with Crippen molar-refractivity contribution < 1.29 is 9.47 Å². The monoisotopic (exact) mass is 299 g/mol. The third-order valence-electron chi connectivity index (χ3n) is 3.81. The lowest BCUT2D eigenvalue weighted by atomic mass is 10.0. The fraction of sp³-hybridized carbons (Fsp3) is 0.786. The first-order valence-electron chi connectivity index (χ1n) is 7.01. The fourth-order valence-corrected chi connectivity index (χ4v) is 3.16. The van der Waals surface area contributed by atoms with E-state index in [1.54, 1.807) is 25.6 Å². The Morgan fingerprint density at radius 3 is 2.65 bits per heavy atom. The smallest absolute Gasteiger partial charge is 0.230 e. The van der Waals surface area contributed by atoms with Gasteiger partial charge in [0.05, 0.1) is 12.0 Å². The molecule has 6 heteroatoms. The second kappa shape index (κ2) is 6.74. The minimum Gasteiger partial charge on any atom is -0.480 e. The van der Waals surface area contributed by atoms with Crippen LogP contribution in [0.15, 0.2) is 0 Å². The number of rotatable bonds is 9. The van der Waals surface area contributed by atoms with E-state index in [0.717, 1.165) is 37.1 Å². The van der Waals surface area contributed by atoms with Crippen LogP contribution in [0.2, 0.25) is 0 Å². The number of nitrogens with zero attached hydrogens (tertiary/aromatic N) is 2. The fourth-order valence-electron chi connectivity index (χ4n) is 2.24. The molecule has 20 heavy (non-hydrogen) atoms. The predicted molar refractivity (Wildman–Crippen MR) is 82.9 cm³/mol. The van der Waals surface area contributed by atoms with Crippen molar-refractivity contribution in [2.45, 2.75) is 25.8 Å². The zero-order valence-corrected chi connectivity index (χ0v) is 13.7. The maximum atomic E-state index is 5.35. The summed E-state index contributed by atoms with van der Waals surface area (Å²) in [6, 6.07) is 0. The van der Waals surface area contributed by atoms with Gasteiger partial charge in [0.2, 0.25) is 5.88 Å². The molecule has 0 radical (unpaired) electrons. The topological polar surface area (TPSA) is 46.6 Å². The van der Waals surface area contributed by atoms with Gasteiger partial charge in [0.15, 0.2) is 5.13 Å². The maximum Gasteiger partial charge on any atom is 0.230 e. The van der Waals surface area contributed by atoms with Crippen molar-refractivity contribution >= 4 is 16.5 Å². The molecule has 1 saturated carbocycles. The highest BCUT2D eigenvalue weighted by Gasteiger charge is 2.41. The molecule has 1 heterocycles. The molecule has 0 aliphatic heterocycles. The van der Waals surface area contributed by atoms with Gasteiger partial charge in [0.1, 0.15) is 0 Å². The Kier molecular flexibility index (Phi) is 5.23. The van der Waals surface area contributed by atoms with Gasteiger partial charge < -0.3 is 19.7 Å². The van der Waals surface area contributed by atoms with Gasteiger partial charge in [0.25, 0.3) is 0 Å². The first-order valence-corrected chi connectivity index (χ1v) is 7.82. The quantitative estimate of drug-likeness (QED) is 0.757. The van der Waals surface area contributed by atoms with Crippen LogP contribution >= 0.6 is 11.3 Å². The Labute approximate surface area is 125 Å². The van der Waals surface area contributed by atoms with Crippen molar-refractivity contribution in [2.75, 3.05) is 46.4 Å². The standard InChI is InChI=1S/C14H25N3O2S/c1-17(2)13-16-12(19-4)11(20-13)9-15-10-14(5-6-14)7-8-18-3/h15H,5-10H2,1-4H3. The summed E-state index contributed by atoms with van der Waals surface area (Å²) in [5.74, 6) is 0.743. The van der Waals surface area contributed by atoms with E-state index in [-0.39, 0.29) is 0 Å². The van der Waals surface area contributed by atoms with Crippen molar-refractivity contribution in [2.24, 2.45) is 5.41 Å². The lowest BCUT2D eigenvalue weighted by Gasteiger charge is -2.15. The number of hydrogen-bond acceptors (Lipinski definition) is 6. The van der Waals surface area contributed by atoms with Gasteiger partial charge in [-0.2, -0.15) is 4.98 Å². The van der Waals surface area contributed by atoms with Gasteiger partial charge in [-0.05, 0) is 24.7 Å². The molecule has 0 bridgehead atoms. The summed E-state index contributed by atoms with van der Waals surface area (Å²) in [6.07, 6.45) is 3.78. The molecule has 0 unspecified atom stereocenters. The second-order valence-electron chi connectivity index (χ2n) is 5.67. The van der Waals surface area contributed by atoms with Crippen molar-refractivity contribution in [1.29, 1.82) is 0 Å². The summed E-state index contributed by atoms with van der Waals surface area (Å²) < 4.78 is 10.5. The largest absolute Gasteiger partial charge is 0.480 e. The highest BCUT2D eigenvalue weighted by Crippen LogP contribution is 2.48. The molecule has 1 aliphatic rings. The van der Waals surface area contributed by atoms with Gasteiger partial charge in [-0.3, -0.25) is 0 Å². The Balaban J connectivity index is 1.84. The number of methoxy groups -OCH3 is 2. The number of thiazole rings is 1. The maximum absolute atomic E-state index is 5.35. The first-order chi connectivity index (χ1) is 9.60. The normalized spacial score (nSPS) is 16.2. The molecule has 0 atom stereocenters. The molecular weight excluding hydrogens is 274 g/mol. The molecule has 1 N–H and O–H groups in total. The van der Waals surface area contributed by atoms with Crippen molar-refractivity contribution in [3.63, 3.8) is 0 Å². The van der Waals surface area contributed by atoms with Crippen LogP contribution in [-0.4, -0.2) is 46.5 Å². The van der Waals surface area contributed by atoms with Crippen LogP contribution < -0.4 is 15.0 Å². The van der Waals surface area contributed by atoms with E-state index < -0.39 is 0 Å².